The molecule has 172 valence electrons. The molecule has 0 bridgehead atoms. The van der Waals surface area contributed by atoms with Gasteiger partial charge in [-0.25, -0.2) is 8.42 Å². The zero-order valence-corrected chi connectivity index (χ0v) is 19.3. The highest BCUT2D eigenvalue weighted by molar-refractivity contribution is 7.92. The predicted molar refractivity (Wildman–Crippen MR) is 124 cm³/mol. The van der Waals surface area contributed by atoms with Gasteiger partial charge in [0, 0.05) is 18.4 Å². The minimum absolute atomic E-state index is 0.0440. The molecule has 2 heterocycles. The fraction of sp³-hybridized carbons (Fsp3) is 0.261. The largest absolute Gasteiger partial charge is 0.495 e. The fourth-order valence-electron chi connectivity index (χ4n) is 3.86. The number of hydrogen-bond acceptors (Lipinski definition) is 6. The molecule has 4 rings (SSSR count). The Labute approximate surface area is 191 Å². The van der Waals surface area contributed by atoms with E-state index in [4.69, 9.17) is 4.74 Å². The Kier molecular flexibility index (Phi) is 5.94. The molecule has 0 saturated heterocycles. The van der Waals surface area contributed by atoms with Crippen molar-refractivity contribution in [1.82, 2.24) is 9.78 Å². The van der Waals surface area contributed by atoms with Gasteiger partial charge in [-0.3, -0.25) is 14.3 Å². The second-order valence-corrected chi connectivity index (χ2v) is 9.30. The van der Waals surface area contributed by atoms with Crippen molar-refractivity contribution in [3.63, 3.8) is 0 Å². The number of methoxy groups -OCH3 is 1. The van der Waals surface area contributed by atoms with E-state index in [0.717, 1.165) is 5.56 Å². The Morgan fingerprint density at radius 3 is 2.64 bits per heavy atom. The second kappa shape index (κ2) is 8.70. The first-order valence-electron chi connectivity index (χ1n) is 10.5. The van der Waals surface area contributed by atoms with Gasteiger partial charge in [-0.2, -0.15) is 9.78 Å². The number of aryl methyl sites for hydroxylation is 2. The molecule has 9 nitrogen and oxygen atoms in total. The van der Waals surface area contributed by atoms with Gasteiger partial charge in [0.05, 0.1) is 18.5 Å². The number of fused-ring (bicyclic) bond motifs is 1. The van der Waals surface area contributed by atoms with Crippen LogP contribution in [0.25, 0.3) is 11.1 Å². The molecule has 10 heteroatoms. The van der Waals surface area contributed by atoms with Crippen molar-refractivity contribution >= 4 is 33.3 Å². The first-order valence-corrected chi connectivity index (χ1v) is 11.9. The maximum Gasteiger partial charge on any atom is 0.265 e. The first-order chi connectivity index (χ1) is 15.7. The average molecular weight is 469 g/mol. The van der Waals surface area contributed by atoms with Crippen LogP contribution in [-0.4, -0.2) is 37.1 Å². The summed E-state index contributed by atoms with van der Waals surface area (Å²) < 4.78 is 35.9. The van der Waals surface area contributed by atoms with E-state index in [-0.39, 0.29) is 41.1 Å². The number of ether oxygens (including phenoxy) is 1. The van der Waals surface area contributed by atoms with Crippen LogP contribution in [0.15, 0.2) is 47.4 Å². The number of anilines is 2. The number of nitrogens with zero attached hydrogens (tertiary/aromatic N) is 2. The summed E-state index contributed by atoms with van der Waals surface area (Å²) in [6.07, 6.45) is 0.761. The Bertz CT molecular complexity index is 1360. The number of rotatable bonds is 6. The van der Waals surface area contributed by atoms with Crippen LogP contribution in [0, 0.1) is 6.92 Å². The van der Waals surface area contributed by atoms with Crippen LogP contribution >= 0.6 is 0 Å². The van der Waals surface area contributed by atoms with E-state index in [2.05, 4.69) is 15.1 Å². The molecule has 1 aliphatic heterocycles. The second-order valence-electron chi connectivity index (χ2n) is 7.64. The van der Waals surface area contributed by atoms with Crippen LogP contribution in [0.4, 0.5) is 11.5 Å². The minimum atomic E-state index is -4.02. The SMILES string of the molecule is CCc1ccccc1NS(=O)(=O)c1cc(-c2c(C)nn3c2NC(=O)CCC3=O)ccc1OC. The molecule has 33 heavy (non-hydrogen) atoms. The number of carbonyl (C=O) groups excluding carboxylic acids is 2. The third-order valence-corrected chi connectivity index (χ3v) is 6.89. The van der Waals surface area contributed by atoms with Gasteiger partial charge < -0.3 is 10.1 Å². The van der Waals surface area contributed by atoms with Crippen molar-refractivity contribution in [2.75, 3.05) is 17.1 Å². The summed E-state index contributed by atoms with van der Waals surface area (Å²) in [4.78, 5) is 24.5. The molecule has 0 unspecified atom stereocenters. The maximum atomic E-state index is 13.4. The number of sulfonamides is 1. The van der Waals surface area contributed by atoms with E-state index in [0.29, 0.717) is 28.9 Å². The number of aromatic nitrogens is 2. The van der Waals surface area contributed by atoms with Crippen LogP contribution in [-0.2, 0) is 21.2 Å². The van der Waals surface area contributed by atoms with Crippen LogP contribution in [0.3, 0.4) is 0 Å². The molecular formula is C23H24N4O5S. The fourth-order valence-corrected chi connectivity index (χ4v) is 5.16. The van der Waals surface area contributed by atoms with Crippen molar-refractivity contribution in [3.8, 4) is 16.9 Å². The van der Waals surface area contributed by atoms with Crippen molar-refractivity contribution in [2.24, 2.45) is 0 Å². The molecule has 0 aliphatic carbocycles. The van der Waals surface area contributed by atoms with Gasteiger partial charge in [-0.15, -0.1) is 0 Å². The van der Waals surface area contributed by atoms with Crippen LogP contribution in [0.2, 0.25) is 0 Å². The lowest BCUT2D eigenvalue weighted by Crippen LogP contribution is -2.15. The van der Waals surface area contributed by atoms with Gasteiger partial charge in [0.15, 0.2) is 0 Å². The lowest BCUT2D eigenvalue weighted by atomic mass is 10.1. The summed E-state index contributed by atoms with van der Waals surface area (Å²) in [5, 5.41) is 7.01. The molecule has 1 aliphatic rings. The molecule has 2 aromatic carbocycles. The highest BCUT2D eigenvalue weighted by Crippen LogP contribution is 2.37. The highest BCUT2D eigenvalue weighted by Gasteiger charge is 2.28. The van der Waals surface area contributed by atoms with Crippen molar-refractivity contribution in [1.29, 1.82) is 0 Å². The van der Waals surface area contributed by atoms with E-state index in [1.165, 1.54) is 17.9 Å². The summed E-state index contributed by atoms with van der Waals surface area (Å²) in [5.41, 5.74) is 2.79. The van der Waals surface area contributed by atoms with Gasteiger partial charge >= 0.3 is 0 Å². The molecule has 0 fully saturated rings. The monoisotopic (exact) mass is 468 g/mol. The van der Waals surface area contributed by atoms with Crippen LogP contribution < -0.4 is 14.8 Å². The number of amides is 1. The Hall–Kier alpha value is -3.66. The normalized spacial score (nSPS) is 13.8. The van der Waals surface area contributed by atoms with Crippen LogP contribution in [0.5, 0.6) is 5.75 Å². The van der Waals surface area contributed by atoms with Gasteiger partial charge in [0.2, 0.25) is 11.8 Å². The van der Waals surface area contributed by atoms with E-state index in [1.54, 1.807) is 31.2 Å². The quantitative estimate of drug-likeness (QED) is 0.570. The predicted octanol–water partition coefficient (Wildman–Crippen LogP) is 3.60. The molecule has 3 aromatic rings. The van der Waals surface area contributed by atoms with E-state index in [9.17, 15) is 18.0 Å². The zero-order valence-electron chi connectivity index (χ0n) is 18.5. The van der Waals surface area contributed by atoms with Crippen LogP contribution in [0.1, 0.15) is 35.8 Å². The first kappa shape index (κ1) is 22.5. The zero-order chi connectivity index (χ0) is 23.8. The third-order valence-electron chi connectivity index (χ3n) is 5.50. The summed E-state index contributed by atoms with van der Waals surface area (Å²) in [6, 6.07) is 11.8. The maximum absolute atomic E-state index is 13.4. The van der Waals surface area contributed by atoms with Gasteiger partial charge in [-0.1, -0.05) is 31.2 Å². The van der Waals surface area contributed by atoms with Crippen molar-refractivity contribution < 1.29 is 22.7 Å². The topological polar surface area (TPSA) is 119 Å². The number of carbonyl (C=O) groups is 2. The summed E-state index contributed by atoms with van der Waals surface area (Å²) in [5.74, 6) is -0.214. The molecule has 1 amide bonds. The molecule has 0 radical (unpaired) electrons. The Balaban J connectivity index is 1.84. The lowest BCUT2D eigenvalue weighted by molar-refractivity contribution is -0.116. The van der Waals surface area contributed by atoms with Crippen molar-refractivity contribution in [2.45, 2.75) is 38.0 Å². The van der Waals surface area contributed by atoms with Gasteiger partial charge in [0.1, 0.15) is 16.5 Å². The number of hydrogen-bond donors (Lipinski definition) is 2. The number of benzene rings is 2. The summed E-state index contributed by atoms with van der Waals surface area (Å²) in [6.45, 7) is 3.64. The van der Waals surface area contributed by atoms with E-state index in [1.807, 2.05) is 19.1 Å². The smallest absolute Gasteiger partial charge is 0.265 e. The molecule has 0 atom stereocenters. The minimum Gasteiger partial charge on any atom is -0.495 e. The Morgan fingerprint density at radius 2 is 1.91 bits per heavy atom. The standard InChI is InChI=1S/C23H24N4O5S/c1-4-15-7-5-6-8-17(15)26-33(30,31)19-13-16(9-10-18(19)32-3)22-14(2)25-27-21(29)12-11-20(28)24-23(22)27/h5-10,13,26H,4,11-12H2,1-3H3,(H,24,28). The molecule has 0 spiro atoms. The third kappa shape index (κ3) is 4.21. The highest BCUT2D eigenvalue weighted by atomic mass is 32.2. The average Bonchev–Trinajstić information content (AvgIpc) is 3.05. The van der Waals surface area contributed by atoms with Gasteiger partial charge in [0.25, 0.3) is 10.0 Å². The molecule has 0 saturated carbocycles. The van der Waals surface area contributed by atoms with E-state index >= 15 is 0 Å². The Morgan fingerprint density at radius 1 is 1.15 bits per heavy atom. The van der Waals surface area contributed by atoms with Gasteiger partial charge in [-0.05, 0) is 42.7 Å². The van der Waals surface area contributed by atoms with Crippen molar-refractivity contribution in [3.05, 3.63) is 53.7 Å². The number of nitrogens with one attached hydrogen (secondary N) is 2. The molecule has 1 aromatic heterocycles. The molecule has 2 N–H and O–H groups in total. The van der Waals surface area contributed by atoms with E-state index < -0.39 is 10.0 Å². The summed E-state index contributed by atoms with van der Waals surface area (Å²) >= 11 is 0. The lowest BCUT2D eigenvalue weighted by Gasteiger charge is -2.15. The number of para-hydroxylation sites is 1. The molecular weight excluding hydrogens is 444 g/mol. The summed E-state index contributed by atoms with van der Waals surface area (Å²) in [7, 11) is -2.63.